The fourth-order valence-electron chi connectivity index (χ4n) is 4.81. The topological polar surface area (TPSA) is 86.1 Å². The van der Waals surface area contributed by atoms with E-state index >= 15 is 0 Å². The van der Waals surface area contributed by atoms with Gasteiger partial charge in [-0.1, -0.05) is 42.8 Å². The molecule has 1 aliphatic carbocycles. The lowest BCUT2D eigenvalue weighted by Crippen LogP contribution is -2.22. The number of aromatic nitrogens is 3. The molecule has 35 heavy (non-hydrogen) atoms. The summed E-state index contributed by atoms with van der Waals surface area (Å²) in [6, 6.07) is 17.4. The van der Waals surface area contributed by atoms with Gasteiger partial charge in [-0.05, 0) is 63.3 Å². The highest BCUT2D eigenvalue weighted by Crippen LogP contribution is 2.29. The molecule has 0 spiro atoms. The molecule has 0 atom stereocenters. The van der Waals surface area contributed by atoms with Crippen molar-refractivity contribution in [3.8, 4) is 5.69 Å². The second-order valence-corrected chi connectivity index (χ2v) is 8.91. The molecule has 1 aliphatic rings. The van der Waals surface area contributed by atoms with Gasteiger partial charge in [-0.3, -0.25) is 9.78 Å². The van der Waals surface area contributed by atoms with Crippen LogP contribution >= 0.6 is 0 Å². The molecule has 2 aromatic heterocycles. The molecule has 0 saturated heterocycles. The Hall–Kier alpha value is -4.00. The molecule has 178 valence electrons. The van der Waals surface area contributed by atoms with Crippen LogP contribution in [-0.4, -0.2) is 33.2 Å². The number of rotatable bonds is 5. The number of pyridine rings is 1. The standard InChI is InChI=1S/C28H28N4O3/c1-18-27(19(2)32(31-18)20-11-5-3-6-12-20)30-25(33)17-35-28(34)26-21-13-7-4-8-15-23(21)29-24-16-10-9-14-22(24)26/h3,5-6,9-12,14,16H,4,7-8,13,15,17H2,1-2H3,(H,30,33). The molecular formula is C28H28N4O3. The summed E-state index contributed by atoms with van der Waals surface area (Å²) >= 11 is 0. The number of hydrogen-bond donors (Lipinski definition) is 1. The molecule has 0 fully saturated rings. The van der Waals surface area contributed by atoms with Gasteiger partial charge in [0.2, 0.25) is 0 Å². The highest BCUT2D eigenvalue weighted by molar-refractivity contribution is 6.06. The first-order valence-electron chi connectivity index (χ1n) is 12.0. The van der Waals surface area contributed by atoms with Crippen molar-refractivity contribution >= 4 is 28.5 Å². The van der Waals surface area contributed by atoms with Gasteiger partial charge in [0.25, 0.3) is 5.91 Å². The third kappa shape index (κ3) is 4.54. The van der Waals surface area contributed by atoms with Gasteiger partial charge < -0.3 is 10.1 Å². The van der Waals surface area contributed by atoms with Gasteiger partial charge in [0.1, 0.15) is 0 Å². The molecule has 7 heteroatoms. The Balaban J connectivity index is 1.35. The van der Waals surface area contributed by atoms with Gasteiger partial charge in [-0.25, -0.2) is 9.48 Å². The molecular weight excluding hydrogens is 440 g/mol. The van der Waals surface area contributed by atoms with E-state index in [1.54, 1.807) is 4.68 Å². The molecule has 0 unspecified atom stereocenters. The second-order valence-electron chi connectivity index (χ2n) is 8.91. The van der Waals surface area contributed by atoms with Crippen LogP contribution in [0.25, 0.3) is 16.6 Å². The molecule has 0 radical (unpaired) electrons. The van der Waals surface area contributed by atoms with Crippen molar-refractivity contribution in [1.29, 1.82) is 0 Å². The Kier molecular flexibility index (Phi) is 6.31. The SMILES string of the molecule is Cc1nn(-c2ccccc2)c(C)c1NC(=O)COC(=O)c1c2c(nc3ccccc13)CCCCC2. The van der Waals surface area contributed by atoms with Crippen LogP contribution in [-0.2, 0) is 22.4 Å². The van der Waals surface area contributed by atoms with E-state index in [0.29, 0.717) is 16.9 Å². The lowest BCUT2D eigenvalue weighted by atomic mass is 9.97. The molecule has 0 aliphatic heterocycles. The number of benzene rings is 2. The number of nitrogens with zero attached hydrogens (tertiary/aromatic N) is 3. The third-order valence-corrected chi connectivity index (χ3v) is 6.51. The van der Waals surface area contributed by atoms with Crippen molar-refractivity contribution in [2.75, 3.05) is 11.9 Å². The van der Waals surface area contributed by atoms with Gasteiger partial charge in [0.15, 0.2) is 6.61 Å². The zero-order valence-corrected chi connectivity index (χ0v) is 20.0. The van der Waals surface area contributed by atoms with Gasteiger partial charge in [-0.15, -0.1) is 0 Å². The number of fused-ring (bicyclic) bond motifs is 2. The van der Waals surface area contributed by atoms with E-state index in [9.17, 15) is 9.59 Å². The minimum absolute atomic E-state index is 0.375. The Morgan fingerprint density at radius 3 is 2.54 bits per heavy atom. The normalized spacial score (nSPS) is 13.2. The molecule has 1 amide bonds. The summed E-state index contributed by atoms with van der Waals surface area (Å²) in [4.78, 5) is 30.9. The minimum Gasteiger partial charge on any atom is -0.452 e. The van der Waals surface area contributed by atoms with Crippen LogP contribution in [0.1, 0.15) is 52.3 Å². The van der Waals surface area contributed by atoms with Gasteiger partial charge >= 0.3 is 5.97 Å². The Morgan fingerprint density at radius 2 is 1.71 bits per heavy atom. The van der Waals surface area contributed by atoms with E-state index in [2.05, 4.69) is 10.4 Å². The summed E-state index contributed by atoms with van der Waals surface area (Å²) < 4.78 is 7.33. The van der Waals surface area contributed by atoms with Crippen LogP contribution in [0.3, 0.4) is 0 Å². The molecule has 2 heterocycles. The van der Waals surface area contributed by atoms with Crippen LogP contribution in [0.15, 0.2) is 54.6 Å². The van der Waals surface area contributed by atoms with E-state index in [1.807, 2.05) is 68.4 Å². The highest BCUT2D eigenvalue weighted by atomic mass is 16.5. The lowest BCUT2D eigenvalue weighted by molar-refractivity contribution is -0.119. The monoisotopic (exact) mass is 468 g/mol. The van der Waals surface area contributed by atoms with Crippen LogP contribution in [0.5, 0.6) is 0 Å². The summed E-state index contributed by atoms with van der Waals surface area (Å²) in [7, 11) is 0. The highest BCUT2D eigenvalue weighted by Gasteiger charge is 2.24. The average molecular weight is 469 g/mol. The van der Waals surface area contributed by atoms with E-state index in [0.717, 1.165) is 65.6 Å². The summed E-state index contributed by atoms with van der Waals surface area (Å²) in [5, 5.41) is 8.20. The Morgan fingerprint density at radius 1 is 0.971 bits per heavy atom. The number of hydrogen-bond acceptors (Lipinski definition) is 5. The molecule has 5 rings (SSSR count). The van der Waals surface area contributed by atoms with Crippen molar-refractivity contribution in [2.24, 2.45) is 0 Å². The van der Waals surface area contributed by atoms with Crippen molar-refractivity contribution in [3.05, 3.63) is 82.8 Å². The largest absolute Gasteiger partial charge is 0.452 e. The minimum atomic E-state index is -0.481. The maximum atomic E-state index is 13.3. The van der Waals surface area contributed by atoms with Crippen LogP contribution in [0.2, 0.25) is 0 Å². The molecule has 7 nitrogen and oxygen atoms in total. The number of anilines is 1. The first-order chi connectivity index (χ1) is 17.0. The molecule has 0 bridgehead atoms. The number of carbonyl (C=O) groups is 2. The maximum Gasteiger partial charge on any atom is 0.339 e. The van der Waals surface area contributed by atoms with E-state index in [1.165, 1.54) is 0 Å². The van der Waals surface area contributed by atoms with Crippen LogP contribution in [0.4, 0.5) is 5.69 Å². The quantitative estimate of drug-likeness (QED) is 0.325. The first kappa shape index (κ1) is 22.8. The summed E-state index contributed by atoms with van der Waals surface area (Å²) in [6.07, 6.45) is 4.83. The van der Waals surface area contributed by atoms with Crippen molar-refractivity contribution in [1.82, 2.24) is 14.8 Å². The maximum absolute atomic E-state index is 13.3. The molecule has 1 N–H and O–H groups in total. The van der Waals surface area contributed by atoms with Crippen molar-refractivity contribution < 1.29 is 14.3 Å². The van der Waals surface area contributed by atoms with Gasteiger partial charge in [-0.2, -0.15) is 5.10 Å². The first-order valence-corrected chi connectivity index (χ1v) is 12.0. The lowest BCUT2D eigenvalue weighted by Gasteiger charge is -2.15. The van der Waals surface area contributed by atoms with Crippen molar-refractivity contribution in [3.63, 3.8) is 0 Å². The summed E-state index contributed by atoms with van der Waals surface area (Å²) in [5.41, 5.74) is 6.28. The molecule has 0 saturated carbocycles. The Labute approximate surface area is 204 Å². The number of esters is 1. The van der Waals surface area contributed by atoms with Crippen LogP contribution < -0.4 is 5.32 Å². The average Bonchev–Trinajstić information content (AvgIpc) is 3.02. The molecule has 2 aromatic carbocycles. The zero-order chi connectivity index (χ0) is 24.4. The summed E-state index contributed by atoms with van der Waals surface area (Å²) in [6.45, 7) is 3.36. The number of ether oxygens (including phenoxy) is 1. The predicted octanol–water partition coefficient (Wildman–Crippen LogP) is 5.10. The van der Waals surface area contributed by atoms with Gasteiger partial charge in [0, 0.05) is 11.1 Å². The zero-order valence-electron chi connectivity index (χ0n) is 20.0. The number of carbonyl (C=O) groups excluding carboxylic acids is 2. The third-order valence-electron chi connectivity index (χ3n) is 6.51. The fourth-order valence-corrected chi connectivity index (χ4v) is 4.81. The summed E-state index contributed by atoms with van der Waals surface area (Å²) in [5.74, 6) is -0.882. The number of para-hydroxylation sites is 2. The number of amides is 1. The van der Waals surface area contributed by atoms with Crippen LogP contribution in [0, 0.1) is 13.8 Å². The Bertz CT molecular complexity index is 1410. The number of nitrogens with one attached hydrogen (secondary N) is 1. The van der Waals surface area contributed by atoms with E-state index in [4.69, 9.17) is 9.72 Å². The van der Waals surface area contributed by atoms with Gasteiger partial charge in [0.05, 0.1) is 33.8 Å². The smallest absolute Gasteiger partial charge is 0.339 e. The predicted molar refractivity (Wildman–Crippen MR) is 135 cm³/mol. The molecule has 4 aromatic rings. The fraction of sp³-hybridized carbons (Fsp3) is 0.286. The second kappa shape index (κ2) is 9.70. The van der Waals surface area contributed by atoms with E-state index in [-0.39, 0.29) is 6.61 Å². The van der Waals surface area contributed by atoms with E-state index < -0.39 is 11.9 Å². The van der Waals surface area contributed by atoms with Crippen molar-refractivity contribution in [2.45, 2.75) is 46.0 Å². The number of aryl methyl sites for hydroxylation is 2.